The van der Waals surface area contributed by atoms with Crippen molar-refractivity contribution >= 4 is 44.9 Å². The van der Waals surface area contributed by atoms with Gasteiger partial charge in [-0.25, -0.2) is 0 Å². The smallest absolute Gasteiger partial charge is 0.0693 e. The van der Waals surface area contributed by atoms with Gasteiger partial charge in [-0.05, 0) is 51.4 Å². The standard InChI is InChI=1S/C21H15ClOS/c22-14-9-11-15(12-10-14)24-21-18-7-3-1-5-16(18)20(13-23)17-6-2-4-8-19(17)21/h1-12,23H,13H2. The van der Waals surface area contributed by atoms with Crippen LogP contribution in [0.5, 0.6) is 0 Å². The van der Waals surface area contributed by atoms with Crippen LogP contribution in [0.4, 0.5) is 0 Å². The number of rotatable bonds is 3. The first-order valence-electron chi connectivity index (χ1n) is 7.74. The Morgan fingerprint density at radius 1 is 0.708 bits per heavy atom. The summed E-state index contributed by atoms with van der Waals surface area (Å²) in [4.78, 5) is 2.35. The Labute approximate surface area is 149 Å². The summed E-state index contributed by atoms with van der Waals surface area (Å²) in [6.45, 7) is 0.0346. The molecule has 0 radical (unpaired) electrons. The predicted octanol–water partition coefficient (Wildman–Crippen LogP) is 6.29. The van der Waals surface area contributed by atoms with E-state index in [0.717, 1.165) is 26.3 Å². The molecule has 4 aromatic rings. The molecule has 0 saturated carbocycles. The predicted molar refractivity (Wildman–Crippen MR) is 103 cm³/mol. The summed E-state index contributed by atoms with van der Waals surface area (Å²) in [7, 11) is 0. The zero-order chi connectivity index (χ0) is 16.5. The third-order valence-corrected chi connectivity index (χ3v) is 5.59. The van der Waals surface area contributed by atoms with Crippen LogP contribution < -0.4 is 0 Å². The summed E-state index contributed by atoms with van der Waals surface area (Å²) < 4.78 is 0. The Morgan fingerprint density at radius 3 is 1.71 bits per heavy atom. The van der Waals surface area contributed by atoms with Crippen LogP contribution in [0.1, 0.15) is 5.56 Å². The van der Waals surface area contributed by atoms with Crippen LogP contribution in [-0.2, 0) is 6.61 Å². The maximum absolute atomic E-state index is 9.92. The highest BCUT2D eigenvalue weighted by Gasteiger charge is 2.13. The lowest BCUT2D eigenvalue weighted by Gasteiger charge is -2.15. The first-order valence-corrected chi connectivity index (χ1v) is 8.94. The number of aliphatic hydroxyl groups is 1. The monoisotopic (exact) mass is 350 g/mol. The molecule has 0 spiro atoms. The van der Waals surface area contributed by atoms with Crippen molar-refractivity contribution in [3.8, 4) is 0 Å². The van der Waals surface area contributed by atoms with Crippen molar-refractivity contribution in [2.75, 3.05) is 0 Å². The summed E-state index contributed by atoms with van der Waals surface area (Å²) in [6, 6.07) is 24.4. The van der Waals surface area contributed by atoms with Crippen LogP contribution in [0.2, 0.25) is 5.02 Å². The van der Waals surface area contributed by atoms with E-state index in [2.05, 4.69) is 24.3 Å². The van der Waals surface area contributed by atoms with Gasteiger partial charge < -0.3 is 5.11 Å². The van der Waals surface area contributed by atoms with E-state index < -0.39 is 0 Å². The summed E-state index contributed by atoms with van der Waals surface area (Å²) in [6.07, 6.45) is 0. The molecule has 4 aromatic carbocycles. The van der Waals surface area contributed by atoms with Gasteiger partial charge in [0.15, 0.2) is 0 Å². The van der Waals surface area contributed by atoms with Gasteiger partial charge in [-0.3, -0.25) is 0 Å². The van der Waals surface area contributed by atoms with E-state index in [1.807, 2.05) is 48.5 Å². The molecule has 1 nitrogen and oxygen atoms in total. The normalized spacial score (nSPS) is 11.2. The average Bonchev–Trinajstić information content (AvgIpc) is 2.63. The quantitative estimate of drug-likeness (QED) is 0.438. The fraction of sp³-hybridized carbons (Fsp3) is 0.0476. The minimum Gasteiger partial charge on any atom is -0.392 e. The van der Waals surface area contributed by atoms with Gasteiger partial charge >= 0.3 is 0 Å². The van der Waals surface area contributed by atoms with Gasteiger partial charge in [0, 0.05) is 14.8 Å². The molecule has 0 saturated heterocycles. The first-order chi connectivity index (χ1) is 11.8. The van der Waals surface area contributed by atoms with Crippen LogP contribution in [0.15, 0.2) is 82.6 Å². The van der Waals surface area contributed by atoms with Gasteiger partial charge in [-0.1, -0.05) is 71.9 Å². The first kappa shape index (κ1) is 15.5. The van der Waals surface area contributed by atoms with E-state index in [9.17, 15) is 5.11 Å². The molecule has 1 N–H and O–H groups in total. The van der Waals surface area contributed by atoms with E-state index in [1.54, 1.807) is 11.8 Å². The highest BCUT2D eigenvalue weighted by atomic mass is 35.5. The number of aliphatic hydroxyl groups excluding tert-OH is 1. The van der Waals surface area contributed by atoms with E-state index >= 15 is 0 Å². The Balaban J connectivity index is 2.03. The van der Waals surface area contributed by atoms with Crippen molar-refractivity contribution in [1.82, 2.24) is 0 Å². The van der Waals surface area contributed by atoms with Crippen molar-refractivity contribution in [2.24, 2.45) is 0 Å². The Morgan fingerprint density at radius 2 is 1.21 bits per heavy atom. The van der Waals surface area contributed by atoms with Crippen molar-refractivity contribution < 1.29 is 5.11 Å². The van der Waals surface area contributed by atoms with Crippen LogP contribution >= 0.6 is 23.4 Å². The molecular formula is C21H15ClOS. The largest absolute Gasteiger partial charge is 0.392 e. The second kappa shape index (κ2) is 6.48. The van der Waals surface area contributed by atoms with Gasteiger partial charge in [-0.2, -0.15) is 0 Å². The van der Waals surface area contributed by atoms with E-state index in [-0.39, 0.29) is 6.61 Å². The molecule has 24 heavy (non-hydrogen) atoms. The molecule has 0 amide bonds. The second-order valence-electron chi connectivity index (χ2n) is 5.61. The molecule has 0 fully saturated rings. The molecular weight excluding hydrogens is 336 g/mol. The molecule has 0 heterocycles. The van der Waals surface area contributed by atoms with E-state index in [0.29, 0.717) is 0 Å². The minimum atomic E-state index is 0.0346. The number of fused-ring (bicyclic) bond motifs is 2. The summed E-state index contributed by atoms with van der Waals surface area (Å²) in [5.74, 6) is 0. The number of halogens is 1. The molecule has 3 heteroatoms. The lowest BCUT2D eigenvalue weighted by molar-refractivity contribution is 0.285. The summed E-state index contributed by atoms with van der Waals surface area (Å²) >= 11 is 7.74. The Hall–Kier alpha value is -2.00. The molecule has 0 aromatic heterocycles. The molecule has 0 aliphatic heterocycles. The summed E-state index contributed by atoms with van der Waals surface area (Å²) in [5.41, 5.74) is 0.988. The van der Waals surface area contributed by atoms with Crippen molar-refractivity contribution in [3.05, 3.63) is 83.4 Å². The van der Waals surface area contributed by atoms with E-state index in [4.69, 9.17) is 11.6 Å². The molecule has 118 valence electrons. The molecule has 0 aliphatic rings. The van der Waals surface area contributed by atoms with Gasteiger partial charge in [0.25, 0.3) is 0 Å². The Kier molecular flexibility index (Phi) is 4.19. The van der Waals surface area contributed by atoms with Gasteiger partial charge in [0.1, 0.15) is 0 Å². The third-order valence-electron chi connectivity index (χ3n) is 4.19. The topological polar surface area (TPSA) is 20.2 Å². The van der Waals surface area contributed by atoms with Crippen molar-refractivity contribution in [1.29, 1.82) is 0 Å². The number of hydrogen-bond acceptors (Lipinski definition) is 2. The Bertz CT molecular complexity index is 968. The molecule has 0 bridgehead atoms. The summed E-state index contributed by atoms with van der Waals surface area (Å²) in [5, 5.41) is 15.2. The SMILES string of the molecule is OCc1c2ccccc2c(Sc2ccc(Cl)cc2)c2ccccc12. The zero-order valence-corrected chi connectivity index (χ0v) is 14.4. The maximum atomic E-state index is 9.92. The van der Waals surface area contributed by atoms with Crippen LogP contribution in [0.25, 0.3) is 21.5 Å². The molecule has 4 rings (SSSR count). The van der Waals surface area contributed by atoms with Crippen LogP contribution in [-0.4, -0.2) is 5.11 Å². The molecule has 0 atom stereocenters. The third kappa shape index (κ3) is 2.67. The van der Waals surface area contributed by atoms with Crippen LogP contribution in [0, 0.1) is 0 Å². The molecule has 0 aliphatic carbocycles. The lowest BCUT2D eigenvalue weighted by Crippen LogP contribution is -1.92. The fourth-order valence-corrected chi connectivity index (χ4v) is 4.29. The number of hydrogen-bond donors (Lipinski definition) is 1. The maximum Gasteiger partial charge on any atom is 0.0693 e. The average molecular weight is 351 g/mol. The molecule has 0 unspecified atom stereocenters. The lowest BCUT2D eigenvalue weighted by atomic mass is 9.97. The van der Waals surface area contributed by atoms with Crippen molar-refractivity contribution in [2.45, 2.75) is 16.4 Å². The number of benzene rings is 4. The minimum absolute atomic E-state index is 0.0346. The van der Waals surface area contributed by atoms with Crippen LogP contribution in [0.3, 0.4) is 0 Å². The highest BCUT2D eigenvalue weighted by Crippen LogP contribution is 2.41. The van der Waals surface area contributed by atoms with Gasteiger partial charge in [0.05, 0.1) is 6.61 Å². The fourth-order valence-electron chi connectivity index (χ4n) is 3.08. The van der Waals surface area contributed by atoms with E-state index in [1.165, 1.54) is 15.7 Å². The zero-order valence-electron chi connectivity index (χ0n) is 12.9. The second-order valence-corrected chi connectivity index (χ2v) is 7.13. The van der Waals surface area contributed by atoms with Gasteiger partial charge in [0.2, 0.25) is 0 Å². The van der Waals surface area contributed by atoms with Gasteiger partial charge in [-0.15, -0.1) is 0 Å². The highest BCUT2D eigenvalue weighted by molar-refractivity contribution is 7.99. The van der Waals surface area contributed by atoms with Crippen molar-refractivity contribution in [3.63, 3.8) is 0 Å².